The molecule has 2 aromatic heterocycles. The third-order valence-electron chi connectivity index (χ3n) is 3.25. The topological polar surface area (TPSA) is 117 Å². The lowest BCUT2D eigenvalue weighted by Crippen LogP contribution is -2.34. The lowest BCUT2D eigenvalue weighted by Gasteiger charge is -2.24. The van der Waals surface area contributed by atoms with Crippen molar-refractivity contribution in [3.05, 3.63) is 22.7 Å². The SMILES string of the molecule is CCN(C(=O)O)c1nc(N2CC=CCC2)nc2nc(=O)on12. The number of fused-ring (bicyclic) bond motifs is 1. The van der Waals surface area contributed by atoms with Crippen molar-refractivity contribution in [1.82, 2.24) is 19.5 Å². The van der Waals surface area contributed by atoms with Crippen LogP contribution in [0.25, 0.3) is 5.78 Å². The molecule has 3 heterocycles. The summed E-state index contributed by atoms with van der Waals surface area (Å²) in [5.41, 5.74) is 0. The molecular weight excluding hydrogens is 292 g/mol. The highest BCUT2D eigenvalue weighted by molar-refractivity contribution is 5.83. The molecule has 0 atom stereocenters. The Balaban J connectivity index is 2.17. The van der Waals surface area contributed by atoms with Gasteiger partial charge in [-0.2, -0.15) is 9.97 Å². The summed E-state index contributed by atoms with van der Waals surface area (Å²) >= 11 is 0. The van der Waals surface area contributed by atoms with Gasteiger partial charge in [-0.15, -0.1) is 4.98 Å². The smallest absolute Gasteiger partial charge is 0.462 e. The quantitative estimate of drug-likeness (QED) is 0.807. The monoisotopic (exact) mass is 306 g/mol. The van der Waals surface area contributed by atoms with Gasteiger partial charge in [-0.25, -0.2) is 14.5 Å². The maximum Gasteiger partial charge on any atom is 0.462 e. The molecule has 0 bridgehead atoms. The Morgan fingerprint density at radius 2 is 2.23 bits per heavy atom. The van der Waals surface area contributed by atoms with Crippen LogP contribution in [-0.2, 0) is 0 Å². The fourth-order valence-electron chi connectivity index (χ4n) is 2.21. The van der Waals surface area contributed by atoms with Crippen molar-refractivity contribution in [2.45, 2.75) is 13.3 Å². The molecule has 1 amide bonds. The fraction of sp³-hybridized carbons (Fsp3) is 0.417. The second-order valence-electron chi connectivity index (χ2n) is 4.62. The van der Waals surface area contributed by atoms with Gasteiger partial charge >= 0.3 is 11.8 Å². The van der Waals surface area contributed by atoms with Gasteiger partial charge < -0.3 is 14.5 Å². The standard InChI is InChI=1S/C12H14N6O4/c1-2-17(12(20)21)10-14-8(16-6-4-3-5-7-16)13-9-15-11(19)22-18(9)10/h3-4H,2,5-7H2,1H3,(H,20,21). The Labute approximate surface area is 124 Å². The molecule has 1 aliphatic heterocycles. The van der Waals surface area contributed by atoms with Crippen LogP contribution in [0.3, 0.4) is 0 Å². The molecule has 3 rings (SSSR count). The predicted octanol–water partition coefficient (Wildman–Crippen LogP) is 0.348. The minimum Gasteiger partial charge on any atom is -0.465 e. The van der Waals surface area contributed by atoms with E-state index in [0.29, 0.717) is 19.0 Å². The average Bonchev–Trinajstić information content (AvgIpc) is 2.88. The number of aromatic nitrogens is 4. The number of rotatable bonds is 3. The Hall–Kier alpha value is -2.91. The first-order valence-corrected chi connectivity index (χ1v) is 6.78. The van der Waals surface area contributed by atoms with Crippen molar-refractivity contribution in [3.8, 4) is 0 Å². The zero-order chi connectivity index (χ0) is 15.7. The maximum atomic E-state index is 11.4. The third kappa shape index (κ3) is 2.38. The molecule has 0 unspecified atom stereocenters. The van der Waals surface area contributed by atoms with Gasteiger partial charge in [0.05, 0.1) is 0 Å². The summed E-state index contributed by atoms with van der Waals surface area (Å²) < 4.78 is 5.80. The zero-order valence-electron chi connectivity index (χ0n) is 11.8. The number of carboxylic acid groups (broad SMARTS) is 1. The Bertz CT molecular complexity index is 795. The van der Waals surface area contributed by atoms with Crippen molar-refractivity contribution in [1.29, 1.82) is 0 Å². The normalized spacial score (nSPS) is 14.5. The molecule has 116 valence electrons. The van der Waals surface area contributed by atoms with E-state index < -0.39 is 11.8 Å². The molecule has 0 aliphatic carbocycles. The van der Waals surface area contributed by atoms with Gasteiger partial charge in [0, 0.05) is 19.6 Å². The molecule has 0 radical (unpaired) electrons. The molecule has 1 aliphatic rings. The summed E-state index contributed by atoms with van der Waals surface area (Å²) in [4.78, 5) is 37.6. The highest BCUT2D eigenvalue weighted by Crippen LogP contribution is 2.18. The highest BCUT2D eigenvalue weighted by Gasteiger charge is 2.23. The van der Waals surface area contributed by atoms with Crippen LogP contribution in [0.1, 0.15) is 13.3 Å². The molecule has 0 saturated carbocycles. The van der Waals surface area contributed by atoms with Crippen molar-refractivity contribution in [2.24, 2.45) is 0 Å². The number of carbonyl (C=O) groups is 1. The summed E-state index contributed by atoms with van der Waals surface area (Å²) in [6.07, 6.45) is 3.65. The molecule has 10 nitrogen and oxygen atoms in total. The number of nitrogens with zero attached hydrogens (tertiary/aromatic N) is 6. The van der Waals surface area contributed by atoms with Crippen molar-refractivity contribution < 1.29 is 14.4 Å². The van der Waals surface area contributed by atoms with E-state index in [1.165, 1.54) is 0 Å². The molecule has 22 heavy (non-hydrogen) atoms. The predicted molar refractivity (Wildman–Crippen MR) is 76.3 cm³/mol. The largest absolute Gasteiger partial charge is 0.465 e. The number of amides is 1. The van der Waals surface area contributed by atoms with Crippen molar-refractivity contribution in [2.75, 3.05) is 29.4 Å². The second-order valence-corrected chi connectivity index (χ2v) is 4.62. The van der Waals surface area contributed by atoms with E-state index in [2.05, 4.69) is 15.0 Å². The maximum absolute atomic E-state index is 11.4. The van der Waals surface area contributed by atoms with Crippen LogP contribution < -0.4 is 15.6 Å². The summed E-state index contributed by atoms with van der Waals surface area (Å²) in [7, 11) is 0. The van der Waals surface area contributed by atoms with E-state index in [-0.39, 0.29) is 18.3 Å². The van der Waals surface area contributed by atoms with Crippen LogP contribution >= 0.6 is 0 Å². The molecule has 0 saturated heterocycles. The van der Waals surface area contributed by atoms with Gasteiger partial charge in [0.15, 0.2) is 0 Å². The highest BCUT2D eigenvalue weighted by atomic mass is 16.5. The first-order valence-electron chi connectivity index (χ1n) is 6.78. The lowest BCUT2D eigenvalue weighted by molar-refractivity contribution is 0.200. The van der Waals surface area contributed by atoms with E-state index in [4.69, 9.17) is 4.52 Å². The average molecular weight is 306 g/mol. The van der Waals surface area contributed by atoms with E-state index in [9.17, 15) is 14.7 Å². The first-order chi connectivity index (χ1) is 10.6. The minimum absolute atomic E-state index is 0.0146. The molecule has 0 aromatic carbocycles. The summed E-state index contributed by atoms with van der Waals surface area (Å²) in [6, 6.07) is 0. The second kappa shape index (κ2) is 5.47. The molecule has 2 aromatic rings. The summed E-state index contributed by atoms with van der Waals surface area (Å²) in [5.74, 6) is -0.599. The lowest BCUT2D eigenvalue weighted by atomic mass is 10.3. The summed E-state index contributed by atoms with van der Waals surface area (Å²) in [5, 5.41) is 9.28. The van der Waals surface area contributed by atoms with Gasteiger partial charge in [0.25, 0.3) is 11.7 Å². The fourth-order valence-corrected chi connectivity index (χ4v) is 2.21. The van der Waals surface area contributed by atoms with Crippen LogP contribution in [0.15, 0.2) is 21.5 Å². The molecular formula is C12H14N6O4. The van der Waals surface area contributed by atoms with Crippen molar-refractivity contribution >= 4 is 23.8 Å². The molecule has 0 fully saturated rings. The molecule has 1 N–H and O–H groups in total. The molecule has 0 spiro atoms. The van der Waals surface area contributed by atoms with Gasteiger partial charge in [-0.05, 0) is 13.3 Å². The number of anilines is 2. The van der Waals surface area contributed by atoms with Crippen molar-refractivity contribution in [3.63, 3.8) is 0 Å². The number of hydrogen-bond donors (Lipinski definition) is 1. The third-order valence-corrected chi connectivity index (χ3v) is 3.25. The van der Waals surface area contributed by atoms with Gasteiger partial charge in [0.2, 0.25) is 5.95 Å². The van der Waals surface area contributed by atoms with Crippen LogP contribution in [0, 0.1) is 0 Å². The van der Waals surface area contributed by atoms with Gasteiger partial charge in [0.1, 0.15) is 0 Å². The zero-order valence-corrected chi connectivity index (χ0v) is 11.8. The Morgan fingerprint density at radius 3 is 2.86 bits per heavy atom. The van der Waals surface area contributed by atoms with Crippen LogP contribution in [0.5, 0.6) is 0 Å². The number of hydrogen-bond acceptors (Lipinski definition) is 7. The van der Waals surface area contributed by atoms with E-state index in [1.807, 2.05) is 17.1 Å². The van der Waals surface area contributed by atoms with Gasteiger partial charge in [-0.3, -0.25) is 0 Å². The Morgan fingerprint density at radius 1 is 1.41 bits per heavy atom. The van der Waals surface area contributed by atoms with Gasteiger partial charge in [-0.1, -0.05) is 16.7 Å². The Kier molecular flexibility index (Phi) is 3.49. The van der Waals surface area contributed by atoms with E-state index >= 15 is 0 Å². The van der Waals surface area contributed by atoms with Crippen LogP contribution in [-0.4, -0.2) is 50.4 Å². The first kappa shape index (κ1) is 14.0. The van der Waals surface area contributed by atoms with Crippen LogP contribution in [0.4, 0.5) is 16.7 Å². The summed E-state index contributed by atoms with van der Waals surface area (Å²) in [6.45, 7) is 3.10. The molecule has 10 heteroatoms. The van der Waals surface area contributed by atoms with E-state index in [1.54, 1.807) is 6.92 Å². The van der Waals surface area contributed by atoms with Crippen LogP contribution in [0.2, 0.25) is 0 Å². The van der Waals surface area contributed by atoms with E-state index in [0.717, 1.165) is 15.9 Å². The minimum atomic E-state index is -1.21.